The van der Waals surface area contributed by atoms with E-state index in [1.807, 2.05) is 0 Å². The number of nitrogens with zero attached hydrogens (tertiary/aromatic N) is 1. The summed E-state index contributed by atoms with van der Waals surface area (Å²) >= 11 is 5.79. The molecule has 2 N–H and O–H groups in total. The van der Waals surface area contributed by atoms with Gasteiger partial charge in [-0.3, -0.25) is 9.59 Å². The van der Waals surface area contributed by atoms with E-state index in [0.717, 1.165) is 0 Å². The van der Waals surface area contributed by atoms with E-state index in [2.05, 4.69) is 5.32 Å². The molecular formula is C17H22ClF3N2O3. The number of benzene rings is 1. The van der Waals surface area contributed by atoms with Crippen molar-refractivity contribution in [2.75, 3.05) is 13.6 Å². The largest absolute Gasteiger partial charge is 0.414 e. The van der Waals surface area contributed by atoms with Gasteiger partial charge in [0.25, 0.3) is 5.91 Å². The number of hydrogen-bond donors (Lipinski definition) is 2. The predicted molar refractivity (Wildman–Crippen MR) is 91.9 cm³/mol. The summed E-state index contributed by atoms with van der Waals surface area (Å²) in [4.78, 5) is 24.5. The number of carbonyl (C=O) groups is 2. The first-order chi connectivity index (χ1) is 12.1. The van der Waals surface area contributed by atoms with Crippen molar-refractivity contribution in [3.63, 3.8) is 0 Å². The second kappa shape index (κ2) is 9.78. The fourth-order valence-electron chi connectivity index (χ4n) is 2.67. The van der Waals surface area contributed by atoms with Crippen LogP contribution in [0.15, 0.2) is 24.3 Å². The van der Waals surface area contributed by atoms with Crippen LogP contribution in [0.2, 0.25) is 5.02 Å². The summed E-state index contributed by atoms with van der Waals surface area (Å²) in [5.74, 6) is -0.701. The summed E-state index contributed by atoms with van der Waals surface area (Å²) in [5, 5.41) is 12.2. The first kappa shape index (κ1) is 22.2. The second-order valence-corrected chi connectivity index (χ2v) is 6.56. The minimum atomic E-state index is -4.71. The van der Waals surface area contributed by atoms with Crippen molar-refractivity contribution >= 4 is 23.9 Å². The average molecular weight is 395 g/mol. The Morgan fingerprint density at radius 1 is 1.31 bits per heavy atom. The molecule has 0 aromatic heterocycles. The van der Waals surface area contributed by atoms with Crippen LogP contribution in [0, 0.1) is 5.92 Å². The molecule has 2 amide bonds. The van der Waals surface area contributed by atoms with Crippen LogP contribution in [0.4, 0.5) is 13.2 Å². The standard InChI is InChI=1S/C17H22ClF3N2O3/c1-11(9-22-10-24)14(7-8-15(25)17(19,20)21)23(2)16(26)12-3-5-13(18)6-4-12/h3-6,10-11,14-15,25H,7-9H2,1-2H3,(H,22,24)/t11-,14+,15?/m1/s1. The number of halogens is 4. The molecule has 9 heteroatoms. The molecule has 1 aromatic rings. The van der Waals surface area contributed by atoms with Crippen molar-refractivity contribution in [3.05, 3.63) is 34.9 Å². The third-order valence-corrected chi connectivity index (χ3v) is 4.45. The molecule has 1 unspecified atom stereocenters. The van der Waals surface area contributed by atoms with Crippen LogP contribution in [0.3, 0.4) is 0 Å². The summed E-state index contributed by atoms with van der Waals surface area (Å²) in [6.45, 7) is 1.90. The Morgan fingerprint density at radius 3 is 2.38 bits per heavy atom. The smallest absolute Gasteiger partial charge is 0.384 e. The van der Waals surface area contributed by atoms with Gasteiger partial charge in [0.15, 0.2) is 0 Å². The maximum Gasteiger partial charge on any atom is 0.414 e. The topological polar surface area (TPSA) is 69.6 Å². The SMILES string of the molecule is C[C@H](CNC=O)[C@H](CCC(O)C(F)(F)F)N(C)C(=O)c1ccc(Cl)cc1. The molecular weight excluding hydrogens is 373 g/mol. The maximum absolute atomic E-state index is 12.6. The van der Waals surface area contributed by atoms with Gasteiger partial charge in [-0.1, -0.05) is 18.5 Å². The van der Waals surface area contributed by atoms with Crippen LogP contribution < -0.4 is 5.32 Å². The van der Waals surface area contributed by atoms with E-state index < -0.39 is 24.7 Å². The lowest BCUT2D eigenvalue weighted by Gasteiger charge is -2.34. The Labute approximate surface area is 155 Å². The Morgan fingerprint density at radius 2 is 1.88 bits per heavy atom. The number of nitrogens with one attached hydrogen (secondary N) is 1. The number of hydrogen-bond acceptors (Lipinski definition) is 3. The highest BCUT2D eigenvalue weighted by molar-refractivity contribution is 6.30. The van der Waals surface area contributed by atoms with Crippen molar-refractivity contribution in [1.29, 1.82) is 0 Å². The molecule has 0 aliphatic rings. The third-order valence-electron chi connectivity index (χ3n) is 4.20. The van der Waals surface area contributed by atoms with Gasteiger partial charge in [-0.05, 0) is 43.0 Å². The van der Waals surface area contributed by atoms with Gasteiger partial charge in [-0.15, -0.1) is 0 Å². The lowest BCUT2D eigenvalue weighted by atomic mass is 9.93. The van der Waals surface area contributed by atoms with Gasteiger partial charge >= 0.3 is 6.18 Å². The molecule has 146 valence electrons. The first-order valence-corrected chi connectivity index (χ1v) is 8.40. The quantitative estimate of drug-likeness (QED) is 0.633. The average Bonchev–Trinajstić information content (AvgIpc) is 2.58. The van der Waals surface area contributed by atoms with Gasteiger partial charge in [0, 0.05) is 30.2 Å². The van der Waals surface area contributed by atoms with E-state index in [0.29, 0.717) is 17.0 Å². The molecule has 0 bridgehead atoms. The summed E-state index contributed by atoms with van der Waals surface area (Å²) < 4.78 is 37.7. The lowest BCUT2D eigenvalue weighted by Crippen LogP contribution is -2.45. The minimum absolute atomic E-state index is 0.0712. The van der Waals surface area contributed by atoms with Crippen LogP contribution in [0.1, 0.15) is 30.1 Å². The zero-order valence-electron chi connectivity index (χ0n) is 14.5. The van der Waals surface area contributed by atoms with Crippen molar-refractivity contribution in [2.45, 2.75) is 38.1 Å². The van der Waals surface area contributed by atoms with E-state index in [4.69, 9.17) is 11.6 Å². The van der Waals surface area contributed by atoms with Crippen molar-refractivity contribution in [1.82, 2.24) is 10.2 Å². The van der Waals surface area contributed by atoms with Crippen LogP contribution in [0.25, 0.3) is 0 Å². The molecule has 0 saturated heterocycles. The zero-order valence-corrected chi connectivity index (χ0v) is 15.2. The Balaban J connectivity index is 2.92. The molecule has 5 nitrogen and oxygen atoms in total. The maximum atomic E-state index is 12.6. The van der Waals surface area contributed by atoms with Crippen molar-refractivity contribution in [2.24, 2.45) is 5.92 Å². The van der Waals surface area contributed by atoms with Crippen LogP contribution in [-0.4, -0.2) is 54.2 Å². The van der Waals surface area contributed by atoms with Crippen molar-refractivity contribution < 1.29 is 27.9 Å². The molecule has 0 saturated carbocycles. The monoisotopic (exact) mass is 394 g/mol. The second-order valence-electron chi connectivity index (χ2n) is 6.13. The Kier molecular flexibility index (Phi) is 8.36. The molecule has 0 aliphatic carbocycles. The first-order valence-electron chi connectivity index (χ1n) is 8.02. The highest BCUT2D eigenvalue weighted by Crippen LogP contribution is 2.26. The minimum Gasteiger partial charge on any atom is -0.384 e. The van der Waals surface area contributed by atoms with Crippen LogP contribution >= 0.6 is 11.6 Å². The third kappa shape index (κ3) is 6.49. The van der Waals surface area contributed by atoms with Crippen LogP contribution in [0.5, 0.6) is 0 Å². The van der Waals surface area contributed by atoms with Gasteiger partial charge in [0.05, 0.1) is 0 Å². The fourth-order valence-corrected chi connectivity index (χ4v) is 2.79. The van der Waals surface area contributed by atoms with Gasteiger partial charge in [0.1, 0.15) is 6.10 Å². The van der Waals surface area contributed by atoms with E-state index in [1.165, 1.54) is 24.1 Å². The Hall–Kier alpha value is -1.80. The molecule has 3 atom stereocenters. The number of aliphatic hydroxyl groups excluding tert-OH is 1. The molecule has 26 heavy (non-hydrogen) atoms. The lowest BCUT2D eigenvalue weighted by molar-refractivity contribution is -0.206. The summed E-state index contributed by atoms with van der Waals surface area (Å²) in [6, 6.07) is 5.53. The van der Waals surface area contributed by atoms with Crippen LogP contribution in [-0.2, 0) is 4.79 Å². The van der Waals surface area contributed by atoms with Gasteiger partial charge in [-0.25, -0.2) is 0 Å². The normalized spacial score (nSPS) is 15.0. The molecule has 0 aliphatic heterocycles. The zero-order chi connectivity index (χ0) is 19.9. The predicted octanol–water partition coefficient (Wildman–Crippen LogP) is 2.87. The number of aliphatic hydroxyl groups is 1. The highest BCUT2D eigenvalue weighted by Gasteiger charge is 2.39. The van der Waals surface area contributed by atoms with E-state index in [1.54, 1.807) is 19.1 Å². The van der Waals surface area contributed by atoms with Gasteiger partial charge in [-0.2, -0.15) is 13.2 Å². The summed E-state index contributed by atoms with van der Waals surface area (Å²) in [6.07, 6.45) is -7.31. The molecule has 0 radical (unpaired) electrons. The van der Waals surface area contributed by atoms with E-state index in [-0.39, 0.29) is 24.8 Å². The fraction of sp³-hybridized carbons (Fsp3) is 0.529. The molecule has 1 rings (SSSR count). The molecule has 0 heterocycles. The number of carbonyl (C=O) groups excluding carboxylic acids is 2. The number of rotatable bonds is 9. The summed E-state index contributed by atoms with van der Waals surface area (Å²) in [7, 11) is 1.49. The Bertz CT molecular complexity index is 596. The van der Waals surface area contributed by atoms with Gasteiger partial charge < -0.3 is 15.3 Å². The van der Waals surface area contributed by atoms with E-state index in [9.17, 15) is 27.9 Å². The van der Waals surface area contributed by atoms with Gasteiger partial charge in [0.2, 0.25) is 6.41 Å². The number of amides is 2. The van der Waals surface area contributed by atoms with E-state index >= 15 is 0 Å². The number of alkyl halides is 3. The molecule has 0 fully saturated rings. The molecule has 0 spiro atoms. The highest BCUT2D eigenvalue weighted by atomic mass is 35.5. The van der Waals surface area contributed by atoms with Crippen molar-refractivity contribution in [3.8, 4) is 0 Å². The summed E-state index contributed by atoms with van der Waals surface area (Å²) in [5.41, 5.74) is 0.341. The molecule has 1 aromatic carbocycles.